The molecule has 2 unspecified atom stereocenters. The molecule has 2 atom stereocenters. The third kappa shape index (κ3) is 5.48. The number of rotatable bonds is 6. The fourth-order valence-electron chi connectivity index (χ4n) is 3.88. The number of nitriles is 1. The van der Waals surface area contributed by atoms with Gasteiger partial charge in [-0.15, -0.1) is 5.10 Å². The van der Waals surface area contributed by atoms with Gasteiger partial charge in [0.2, 0.25) is 0 Å². The number of hydrogen-bond donors (Lipinski definition) is 2. The van der Waals surface area contributed by atoms with Gasteiger partial charge in [-0.25, -0.2) is 4.79 Å². The molecule has 1 saturated heterocycles. The van der Waals surface area contributed by atoms with E-state index in [0.29, 0.717) is 36.5 Å². The summed E-state index contributed by atoms with van der Waals surface area (Å²) in [7, 11) is 1.69. The maximum Gasteiger partial charge on any atom is 0.407 e. The van der Waals surface area contributed by atoms with E-state index in [-0.39, 0.29) is 23.6 Å². The number of nitrogens with one attached hydrogen (secondary N) is 1. The highest BCUT2D eigenvalue weighted by molar-refractivity contribution is 6.30. The highest BCUT2D eigenvalue weighted by Gasteiger charge is 2.31. The first-order valence-electron chi connectivity index (χ1n) is 9.69. The van der Waals surface area contributed by atoms with Crippen molar-refractivity contribution in [1.82, 2.24) is 25.2 Å². The number of halogens is 1. The van der Waals surface area contributed by atoms with Crippen molar-refractivity contribution in [2.24, 2.45) is 13.0 Å². The molecule has 10 heteroatoms. The molecule has 158 valence electrons. The zero-order chi connectivity index (χ0) is 21.7. The van der Waals surface area contributed by atoms with Crippen molar-refractivity contribution in [2.75, 3.05) is 13.1 Å². The van der Waals surface area contributed by atoms with Crippen LogP contribution in [0.25, 0.3) is 0 Å². The van der Waals surface area contributed by atoms with Crippen molar-refractivity contribution >= 4 is 23.6 Å². The Bertz CT molecular complexity index is 970. The molecule has 0 bridgehead atoms. The van der Waals surface area contributed by atoms with Crippen LogP contribution in [-0.2, 0) is 13.5 Å². The van der Waals surface area contributed by atoms with Crippen LogP contribution >= 0.6 is 11.6 Å². The van der Waals surface area contributed by atoms with E-state index in [4.69, 9.17) is 16.9 Å². The minimum Gasteiger partial charge on any atom is -0.465 e. The Morgan fingerprint density at radius 2 is 2.20 bits per heavy atom. The van der Waals surface area contributed by atoms with Gasteiger partial charge < -0.3 is 15.3 Å². The first kappa shape index (κ1) is 21.6. The predicted octanol–water partition coefficient (Wildman–Crippen LogP) is 2.46. The SMILES string of the molecule is Cn1cc(C(=O)NCCC2CCN(C(=O)O)C(Cc3cc(Cl)cc(C#N)c3)C2)nn1. The number of benzene rings is 1. The number of carbonyl (C=O) groups excluding carboxylic acids is 1. The van der Waals surface area contributed by atoms with Crippen molar-refractivity contribution in [1.29, 1.82) is 5.26 Å². The van der Waals surface area contributed by atoms with Crippen LogP contribution in [0, 0.1) is 17.2 Å². The quantitative estimate of drug-likeness (QED) is 0.725. The lowest BCUT2D eigenvalue weighted by molar-refractivity contribution is 0.0865. The maximum absolute atomic E-state index is 12.1. The van der Waals surface area contributed by atoms with E-state index in [1.165, 1.54) is 9.58 Å². The molecule has 2 N–H and O–H groups in total. The molecular formula is C20H23ClN6O3. The summed E-state index contributed by atoms with van der Waals surface area (Å²) in [5.74, 6) is 0.00737. The molecule has 2 heterocycles. The van der Waals surface area contributed by atoms with E-state index >= 15 is 0 Å². The monoisotopic (exact) mass is 430 g/mol. The Balaban J connectivity index is 1.59. The van der Waals surface area contributed by atoms with Crippen LogP contribution in [0.4, 0.5) is 4.79 Å². The highest BCUT2D eigenvalue weighted by Crippen LogP contribution is 2.28. The minimum absolute atomic E-state index is 0.207. The fourth-order valence-corrected chi connectivity index (χ4v) is 4.14. The summed E-state index contributed by atoms with van der Waals surface area (Å²) >= 11 is 6.09. The lowest BCUT2D eigenvalue weighted by atomic mass is 9.85. The summed E-state index contributed by atoms with van der Waals surface area (Å²) in [5.41, 5.74) is 1.57. The van der Waals surface area contributed by atoms with Crippen molar-refractivity contribution in [3.8, 4) is 6.07 Å². The minimum atomic E-state index is -0.947. The van der Waals surface area contributed by atoms with Gasteiger partial charge in [-0.3, -0.25) is 9.48 Å². The summed E-state index contributed by atoms with van der Waals surface area (Å²) in [6, 6.07) is 6.97. The summed E-state index contributed by atoms with van der Waals surface area (Å²) in [5, 5.41) is 29.6. The van der Waals surface area contributed by atoms with Crippen molar-refractivity contribution in [3.05, 3.63) is 46.2 Å². The smallest absolute Gasteiger partial charge is 0.407 e. The largest absolute Gasteiger partial charge is 0.465 e. The van der Waals surface area contributed by atoms with Gasteiger partial charge >= 0.3 is 6.09 Å². The highest BCUT2D eigenvalue weighted by atomic mass is 35.5. The number of aromatic nitrogens is 3. The van der Waals surface area contributed by atoms with Crippen molar-refractivity contribution in [3.63, 3.8) is 0 Å². The number of nitrogens with zero attached hydrogens (tertiary/aromatic N) is 5. The number of amides is 2. The van der Waals surface area contributed by atoms with E-state index in [1.54, 1.807) is 31.4 Å². The van der Waals surface area contributed by atoms with Crippen molar-refractivity contribution in [2.45, 2.75) is 31.7 Å². The topological polar surface area (TPSA) is 124 Å². The van der Waals surface area contributed by atoms with E-state index in [2.05, 4.69) is 21.7 Å². The lowest BCUT2D eigenvalue weighted by Crippen LogP contribution is -2.47. The Labute approximate surface area is 179 Å². The summed E-state index contributed by atoms with van der Waals surface area (Å²) < 4.78 is 1.47. The van der Waals surface area contributed by atoms with Gasteiger partial charge in [0, 0.05) is 31.2 Å². The molecule has 0 spiro atoms. The third-order valence-electron chi connectivity index (χ3n) is 5.30. The van der Waals surface area contributed by atoms with Gasteiger partial charge in [0.15, 0.2) is 5.69 Å². The molecule has 1 aliphatic rings. The van der Waals surface area contributed by atoms with Crippen LogP contribution in [0.15, 0.2) is 24.4 Å². The third-order valence-corrected chi connectivity index (χ3v) is 5.52. The van der Waals surface area contributed by atoms with Crippen LogP contribution in [0.1, 0.15) is 40.9 Å². The van der Waals surface area contributed by atoms with E-state index in [0.717, 1.165) is 18.4 Å². The zero-order valence-electron chi connectivity index (χ0n) is 16.6. The van der Waals surface area contributed by atoms with Gasteiger partial charge in [-0.05, 0) is 55.4 Å². The van der Waals surface area contributed by atoms with Crippen LogP contribution in [-0.4, -0.2) is 56.1 Å². The van der Waals surface area contributed by atoms with Crippen molar-refractivity contribution < 1.29 is 14.7 Å². The van der Waals surface area contributed by atoms with Crippen LogP contribution in [0.2, 0.25) is 5.02 Å². The summed E-state index contributed by atoms with van der Waals surface area (Å²) in [4.78, 5) is 25.2. The standard InChI is InChI=1S/C20H23ClN6O3/c1-26-12-18(24-25-26)19(28)23-4-2-13-3-5-27(20(29)30)17(9-13)10-14-6-15(11-22)8-16(21)7-14/h6-8,12-13,17H,2-5,9-10H2,1H3,(H,23,28)(H,29,30). The van der Waals surface area contributed by atoms with Crippen LogP contribution < -0.4 is 5.32 Å². The number of hydrogen-bond acceptors (Lipinski definition) is 5. The molecule has 3 rings (SSSR count). The number of likely N-dealkylation sites (tertiary alicyclic amines) is 1. The van der Waals surface area contributed by atoms with Gasteiger partial charge in [-0.1, -0.05) is 16.8 Å². The number of aryl methyl sites for hydroxylation is 1. The molecule has 1 aliphatic heterocycles. The molecule has 1 fully saturated rings. The predicted molar refractivity (Wildman–Crippen MR) is 109 cm³/mol. The molecule has 1 aromatic heterocycles. The second kappa shape index (κ2) is 9.59. The molecule has 2 amide bonds. The molecule has 1 aromatic carbocycles. The molecule has 30 heavy (non-hydrogen) atoms. The Morgan fingerprint density at radius 1 is 1.40 bits per heavy atom. The Hall–Kier alpha value is -3.12. The van der Waals surface area contributed by atoms with Crippen LogP contribution in [0.3, 0.4) is 0 Å². The molecule has 2 aromatic rings. The second-order valence-electron chi connectivity index (χ2n) is 7.51. The second-order valence-corrected chi connectivity index (χ2v) is 7.94. The van der Waals surface area contributed by atoms with Gasteiger partial charge in [-0.2, -0.15) is 5.26 Å². The molecule has 9 nitrogen and oxygen atoms in total. The number of carbonyl (C=O) groups is 2. The van der Waals surface area contributed by atoms with Crippen LogP contribution in [0.5, 0.6) is 0 Å². The zero-order valence-corrected chi connectivity index (χ0v) is 17.3. The molecule has 0 aliphatic carbocycles. The average molecular weight is 431 g/mol. The molecular weight excluding hydrogens is 408 g/mol. The first-order valence-corrected chi connectivity index (χ1v) is 10.1. The fraction of sp³-hybridized carbons (Fsp3) is 0.450. The van der Waals surface area contributed by atoms with E-state index in [9.17, 15) is 14.7 Å². The summed E-state index contributed by atoms with van der Waals surface area (Å²) in [6.45, 7) is 0.921. The van der Waals surface area contributed by atoms with Gasteiger partial charge in [0.05, 0.1) is 17.8 Å². The normalized spacial score (nSPS) is 18.6. The number of carboxylic acid groups (broad SMARTS) is 1. The average Bonchev–Trinajstić information content (AvgIpc) is 3.14. The Kier molecular flexibility index (Phi) is 6.90. The first-order chi connectivity index (χ1) is 14.4. The van der Waals surface area contributed by atoms with Gasteiger partial charge in [0.25, 0.3) is 5.91 Å². The molecule has 0 radical (unpaired) electrons. The van der Waals surface area contributed by atoms with E-state index in [1.807, 2.05) is 0 Å². The maximum atomic E-state index is 12.1. The number of piperidine rings is 1. The lowest BCUT2D eigenvalue weighted by Gasteiger charge is -2.38. The Morgan fingerprint density at radius 3 is 2.87 bits per heavy atom. The summed E-state index contributed by atoms with van der Waals surface area (Å²) in [6.07, 6.45) is 3.26. The van der Waals surface area contributed by atoms with Gasteiger partial charge in [0.1, 0.15) is 0 Å². The molecule has 0 saturated carbocycles. The van der Waals surface area contributed by atoms with E-state index < -0.39 is 6.09 Å².